The highest BCUT2D eigenvalue weighted by Crippen LogP contribution is 2.25. The van der Waals surface area contributed by atoms with Gasteiger partial charge in [-0.3, -0.25) is 9.59 Å². The molecule has 132 valence electrons. The van der Waals surface area contributed by atoms with Crippen LogP contribution in [0.15, 0.2) is 60.0 Å². The molecule has 0 aliphatic heterocycles. The van der Waals surface area contributed by atoms with Gasteiger partial charge in [0, 0.05) is 16.9 Å². The number of nitrogens with one attached hydrogen (secondary N) is 2. The molecule has 1 aromatic heterocycles. The fourth-order valence-corrected chi connectivity index (χ4v) is 3.16. The van der Waals surface area contributed by atoms with Gasteiger partial charge in [0.2, 0.25) is 0 Å². The largest absolute Gasteiger partial charge is 0.495 e. The standard InChI is InChI=1S/C19H15ClN2O3S/c1-25-16-8-7-12(10-15(16)20)18(23)21-13-4-2-5-14(11-13)22-19(24)17-6-3-9-26-17/h2-11H,1H3,(H,21,23)(H,22,24). The van der Waals surface area contributed by atoms with E-state index in [1.807, 2.05) is 11.4 Å². The molecule has 0 radical (unpaired) electrons. The van der Waals surface area contributed by atoms with Crippen LogP contribution in [0.3, 0.4) is 0 Å². The monoisotopic (exact) mass is 386 g/mol. The lowest BCUT2D eigenvalue weighted by atomic mass is 10.2. The Labute approximate surface area is 159 Å². The molecule has 0 spiro atoms. The molecule has 26 heavy (non-hydrogen) atoms. The summed E-state index contributed by atoms with van der Waals surface area (Å²) in [6.07, 6.45) is 0. The summed E-state index contributed by atoms with van der Waals surface area (Å²) >= 11 is 7.42. The quantitative estimate of drug-likeness (QED) is 0.654. The number of benzene rings is 2. The second kappa shape index (κ2) is 8.03. The molecule has 0 unspecified atom stereocenters. The molecule has 7 heteroatoms. The minimum absolute atomic E-state index is 0.189. The van der Waals surface area contributed by atoms with E-state index >= 15 is 0 Å². The van der Waals surface area contributed by atoms with E-state index in [1.54, 1.807) is 42.5 Å². The molecular weight excluding hydrogens is 372 g/mol. The number of anilines is 2. The van der Waals surface area contributed by atoms with Crippen molar-refractivity contribution in [1.82, 2.24) is 0 Å². The number of ether oxygens (including phenoxy) is 1. The van der Waals surface area contributed by atoms with E-state index in [0.717, 1.165) is 0 Å². The van der Waals surface area contributed by atoms with Gasteiger partial charge < -0.3 is 15.4 Å². The number of methoxy groups -OCH3 is 1. The maximum Gasteiger partial charge on any atom is 0.265 e. The first-order valence-corrected chi connectivity index (χ1v) is 8.92. The summed E-state index contributed by atoms with van der Waals surface area (Å²) in [5, 5.41) is 7.79. The molecule has 2 N–H and O–H groups in total. The Morgan fingerprint density at radius 1 is 0.962 bits per heavy atom. The lowest BCUT2D eigenvalue weighted by molar-refractivity contribution is 0.102. The molecular formula is C19H15ClN2O3S. The van der Waals surface area contributed by atoms with Gasteiger partial charge in [-0.05, 0) is 47.8 Å². The van der Waals surface area contributed by atoms with Crippen LogP contribution in [-0.4, -0.2) is 18.9 Å². The second-order valence-corrected chi connectivity index (χ2v) is 6.67. The zero-order valence-electron chi connectivity index (χ0n) is 13.8. The number of hydrogen-bond donors (Lipinski definition) is 2. The Hall–Kier alpha value is -2.83. The molecule has 0 aliphatic rings. The summed E-state index contributed by atoms with van der Waals surface area (Å²) in [4.78, 5) is 25.1. The first-order valence-electron chi connectivity index (χ1n) is 7.66. The van der Waals surface area contributed by atoms with Crippen molar-refractivity contribution in [1.29, 1.82) is 0 Å². The molecule has 0 fully saturated rings. The number of rotatable bonds is 5. The number of amides is 2. The molecule has 0 aliphatic carbocycles. The number of thiophene rings is 1. The SMILES string of the molecule is COc1ccc(C(=O)Nc2cccc(NC(=O)c3cccs3)c2)cc1Cl. The molecule has 5 nitrogen and oxygen atoms in total. The van der Waals surface area contributed by atoms with Crippen molar-refractivity contribution in [2.45, 2.75) is 0 Å². The molecule has 2 amide bonds. The Kier molecular flexibility index (Phi) is 5.55. The summed E-state index contributed by atoms with van der Waals surface area (Å²) in [5.41, 5.74) is 1.56. The first kappa shape index (κ1) is 18.0. The normalized spacial score (nSPS) is 10.2. The highest BCUT2D eigenvalue weighted by molar-refractivity contribution is 7.12. The predicted octanol–water partition coefficient (Wildman–Crippen LogP) is 4.91. The molecule has 2 aromatic carbocycles. The molecule has 0 bridgehead atoms. The zero-order chi connectivity index (χ0) is 18.5. The maximum absolute atomic E-state index is 12.4. The first-order chi connectivity index (χ1) is 12.6. The molecule has 3 rings (SSSR count). The van der Waals surface area contributed by atoms with Gasteiger partial charge in [-0.2, -0.15) is 0 Å². The minimum atomic E-state index is -0.309. The van der Waals surface area contributed by atoms with Crippen molar-refractivity contribution in [2.75, 3.05) is 17.7 Å². The lowest BCUT2D eigenvalue weighted by Gasteiger charge is -2.09. The smallest absolute Gasteiger partial charge is 0.265 e. The third-order valence-electron chi connectivity index (χ3n) is 3.54. The van der Waals surface area contributed by atoms with Gasteiger partial charge >= 0.3 is 0 Å². The van der Waals surface area contributed by atoms with E-state index in [9.17, 15) is 9.59 Å². The van der Waals surface area contributed by atoms with Crippen molar-refractivity contribution >= 4 is 46.1 Å². The molecule has 0 atom stereocenters. The Balaban J connectivity index is 1.71. The molecule has 0 saturated carbocycles. The van der Waals surface area contributed by atoms with Gasteiger partial charge in [0.25, 0.3) is 11.8 Å². The van der Waals surface area contributed by atoms with Crippen molar-refractivity contribution in [2.24, 2.45) is 0 Å². The number of hydrogen-bond acceptors (Lipinski definition) is 4. The number of halogens is 1. The van der Waals surface area contributed by atoms with Crippen LogP contribution in [-0.2, 0) is 0 Å². The van der Waals surface area contributed by atoms with Crippen LogP contribution in [0.1, 0.15) is 20.0 Å². The van der Waals surface area contributed by atoms with Crippen LogP contribution in [0.2, 0.25) is 5.02 Å². The van der Waals surface area contributed by atoms with E-state index in [2.05, 4.69) is 10.6 Å². The lowest BCUT2D eigenvalue weighted by Crippen LogP contribution is -2.13. The van der Waals surface area contributed by atoms with Crippen molar-refractivity contribution < 1.29 is 14.3 Å². The highest BCUT2D eigenvalue weighted by atomic mass is 35.5. The van der Waals surface area contributed by atoms with Crippen LogP contribution >= 0.6 is 22.9 Å². The predicted molar refractivity (Wildman–Crippen MR) is 105 cm³/mol. The van der Waals surface area contributed by atoms with Gasteiger partial charge in [-0.25, -0.2) is 0 Å². The van der Waals surface area contributed by atoms with E-state index < -0.39 is 0 Å². The van der Waals surface area contributed by atoms with Crippen molar-refractivity contribution in [3.05, 3.63) is 75.4 Å². The van der Waals surface area contributed by atoms with Crippen molar-refractivity contribution in [3.63, 3.8) is 0 Å². The summed E-state index contributed by atoms with van der Waals surface area (Å²) < 4.78 is 5.08. The molecule has 1 heterocycles. The summed E-state index contributed by atoms with van der Waals surface area (Å²) in [6.45, 7) is 0. The van der Waals surface area contributed by atoms with Gasteiger partial charge in [-0.1, -0.05) is 23.7 Å². The second-order valence-electron chi connectivity index (χ2n) is 5.32. The third-order valence-corrected chi connectivity index (χ3v) is 4.70. The third kappa shape index (κ3) is 4.22. The van der Waals surface area contributed by atoms with Gasteiger partial charge in [-0.15, -0.1) is 11.3 Å². The van der Waals surface area contributed by atoms with E-state index in [4.69, 9.17) is 16.3 Å². The molecule has 0 saturated heterocycles. The van der Waals surface area contributed by atoms with Gasteiger partial charge in [0.1, 0.15) is 5.75 Å². The van der Waals surface area contributed by atoms with Crippen LogP contribution in [0.4, 0.5) is 11.4 Å². The Morgan fingerprint density at radius 3 is 2.31 bits per heavy atom. The van der Waals surface area contributed by atoms with Crippen LogP contribution in [0.25, 0.3) is 0 Å². The Morgan fingerprint density at radius 2 is 1.69 bits per heavy atom. The summed E-state index contributed by atoms with van der Waals surface area (Å²) in [6, 6.07) is 15.3. The average molecular weight is 387 g/mol. The fourth-order valence-electron chi connectivity index (χ4n) is 2.29. The fraction of sp³-hybridized carbons (Fsp3) is 0.0526. The van der Waals surface area contributed by atoms with Crippen LogP contribution in [0, 0.1) is 0 Å². The molecule has 3 aromatic rings. The number of carbonyl (C=O) groups is 2. The van der Waals surface area contributed by atoms with Crippen LogP contribution in [0.5, 0.6) is 5.75 Å². The minimum Gasteiger partial charge on any atom is -0.495 e. The highest BCUT2D eigenvalue weighted by Gasteiger charge is 2.11. The Bertz CT molecular complexity index is 942. The topological polar surface area (TPSA) is 67.4 Å². The maximum atomic E-state index is 12.4. The number of carbonyl (C=O) groups excluding carboxylic acids is 2. The van der Waals surface area contributed by atoms with E-state index in [0.29, 0.717) is 32.6 Å². The zero-order valence-corrected chi connectivity index (χ0v) is 15.4. The van der Waals surface area contributed by atoms with Crippen LogP contribution < -0.4 is 15.4 Å². The van der Waals surface area contributed by atoms with E-state index in [-0.39, 0.29) is 11.8 Å². The van der Waals surface area contributed by atoms with E-state index in [1.165, 1.54) is 24.5 Å². The summed E-state index contributed by atoms with van der Waals surface area (Å²) in [7, 11) is 1.51. The van der Waals surface area contributed by atoms with Crippen molar-refractivity contribution in [3.8, 4) is 5.75 Å². The average Bonchev–Trinajstić information content (AvgIpc) is 3.16. The van der Waals surface area contributed by atoms with Gasteiger partial charge in [0.05, 0.1) is 17.0 Å². The van der Waals surface area contributed by atoms with Gasteiger partial charge in [0.15, 0.2) is 0 Å². The summed E-state index contributed by atoms with van der Waals surface area (Å²) in [5.74, 6) is 0.00297.